The minimum atomic E-state index is -0.490. The Bertz CT molecular complexity index is 825. The summed E-state index contributed by atoms with van der Waals surface area (Å²) in [5, 5.41) is 5.67. The van der Waals surface area contributed by atoms with Gasteiger partial charge in [-0.15, -0.1) is 0 Å². The number of amides is 2. The van der Waals surface area contributed by atoms with E-state index in [1.165, 1.54) is 0 Å². The van der Waals surface area contributed by atoms with Gasteiger partial charge in [0, 0.05) is 16.8 Å². The lowest BCUT2D eigenvalue weighted by atomic mass is 9.95. The molecule has 1 unspecified atom stereocenters. The highest BCUT2D eigenvalue weighted by atomic mass is 16.5. The summed E-state index contributed by atoms with van der Waals surface area (Å²) in [7, 11) is 0. The van der Waals surface area contributed by atoms with Crippen molar-refractivity contribution >= 4 is 23.2 Å². The van der Waals surface area contributed by atoms with Gasteiger partial charge in [0.2, 0.25) is 5.91 Å². The van der Waals surface area contributed by atoms with Gasteiger partial charge >= 0.3 is 0 Å². The molecule has 5 nitrogen and oxygen atoms in total. The maximum absolute atomic E-state index is 12.3. The van der Waals surface area contributed by atoms with Crippen LogP contribution in [-0.2, 0) is 9.59 Å². The van der Waals surface area contributed by atoms with Crippen molar-refractivity contribution in [2.24, 2.45) is 5.41 Å². The first kappa shape index (κ1) is 21.5. The van der Waals surface area contributed by atoms with Crippen LogP contribution in [0.2, 0.25) is 0 Å². The largest absolute Gasteiger partial charge is 0.483 e. The van der Waals surface area contributed by atoms with E-state index in [0.717, 1.165) is 17.7 Å². The summed E-state index contributed by atoms with van der Waals surface area (Å²) in [6.07, 6.45) is 1.000. The monoisotopic (exact) mass is 382 g/mol. The highest BCUT2D eigenvalue weighted by Crippen LogP contribution is 2.28. The van der Waals surface area contributed by atoms with Crippen LogP contribution in [0.15, 0.2) is 48.5 Å². The van der Waals surface area contributed by atoms with E-state index < -0.39 is 5.41 Å². The molecule has 2 amide bonds. The number of benzene rings is 2. The molecule has 0 aromatic heterocycles. The molecule has 150 valence electrons. The van der Waals surface area contributed by atoms with Crippen LogP contribution in [0.4, 0.5) is 11.4 Å². The Kier molecular flexibility index (Phi) is 7.21. The summed E-state index contributed by atoms with van der Waals surface area (Å²) in [4.78, 5) is 24.4. The predicted molar refractivity (Wildman–Crippen MR) is 114 cm³/mol. The van der Waals surface area contributed by atoms with E-state index in [4.69, 9.17) is 4.74 Å². The zero-order chi connectivity index (χ0) is 20.7. The fourth-order valence-corrected chi connectivity index (χ4v) is 2.57. The standard InChI is InChI=1S/C23H30N2O3/c1-6-16(2)19-12-7-8-13-20(19)28-15-21(26)24-17-10-9-11-18(14-17)25-22(27)23(3,4)5/h7-14,16H,6,15H2,1-5H3,(H,24,26)(H,25,27). The Hall–Kier alpha value is -2.82. The molecule has 1 atom stereocenters. The molecule has 28 heavy (non-hydrogen) atoms. The number of carbonyl (C=O) groups excluding carboxylic acids is 2. The molecule has 0 fully saturated rings. The number of para-hydroxylation sites is 1. The lowest BCUT2D eigenvalue weighted by molar-refractivity contribution is -0.123. The Labute approximate surface area is 167 Å². The molecule has 2 aromatic rings. The molecule has 5 heteroatoms. The van der Waals surface area contributed by atoms with Crippen molar-refractivity contribution < 1.29 is 14.3 Å². The first-order valence-electron chi connectivity index (χ1n) is 9.63. The molecular weight excluding hydrogens is 352 g/mol. The molecule has 0 bridgehead atoms. The van der Waals surface area contributed by atoms with Crippen LogP contribution < -0.4 is 15.4 Å². The third kappa shape index (κ3) is 6.12. The second-order valence-electron chi connectivity index (χ2n) is 7.97. The number of rotatable bonds is 7. The van der Waals surface area contributed by atoms with Gasteiger partial charge in [0.1, 0.15) is 5.75 Å². The fourth-order valence-electron chi connectivity index (χ4n) is 2.57. The topological polar surface area (TPSA) is 67.4 Å². The second-order valence-corrected chi connectivity index (χ2v) is 7.97. The number of hydrogen-bond acceptors (Lipinski definition) is 3. The lowest BCUT2D eigenvalue weighted by Gasteiger charge is -2.18. The van der Waals surface area contributed by atoms with Gasteiger partial charge in [0.05, 0.1) is 0 Å². The number of carbonyl (C=O) groups is 2. The van der Waals surface area contributed by atoms with Gasteiger partial charge in [-0.3, -0.25) is 9.59 Å². The van der Waals surface area contributed by atoms with E-state index in [1.54, 1.807) is 24.3 Å². The smallest absolute Gasteiger partial charge is 0.262 e. The molecule has 0 heterocycles. The van der Waals surface area contributed by atoms with Crippen molar-refractivity contribution in [1.82, 2.24) is 0 Å². The van der Waals surface area contributed by atoms with Gasteiger partial charge in [0.15, 0.2) is 6.61 Å². The van der Waals surface area contributed by atoms with E-state index in [2.05, 4.69) is 24.5 Å². The van der Waals surface area contributed by atoms with Gasteiger partial charge in [-0.25, -0.2) is 0 Å². The number of hydrogen-bond donors (Lipinski definition) is 2. The average molecular weight is 383 g/mol. The minimum absolute atomic E-state index is 0.0774. The van der Waals surface area contributed by atoms with Crippen LogP contribution in [0.5, 0.6) is 5.75 Å². The fraction of sp³-hybridized carbons (Fsp3) is 0.391. The Morgan fingerprint density at radius 3 is 2.29 bits per heavy atom. The third-order valence-corrected chi connectivity index (χ3v) is 4.51. The molecule has 0 aliphatic rings. The summed E-state index contributed by atoms with van der Waals surface area (Å²) in [5.41, 5.74) is 1.86. The van der Waals surface area contributed by atoms with Crippen LogP contribution >= 0.6 is 0 Å². The molecule has 0 radical (unpaired) electrons. The van der Waals surface area contributed by atoms with Crippen molar-refractivity contribution in [3.8, 4) is 5.75 Å². The van der Waals surface area contributed by atoms with Crippen LogP contribution in [0, 0.1) is 5.41 Å². The maximum Gasteiger partial charge on any atom is 0.262 e. The molecule has 2 N–H and O–H groups in total. The van der Waals surface area contributed by atoms with E-state index in [-0.39, 0.29) is 18.4 Å². The molecular formula is C23H30N2O3. The first-order valence-corrected chi connectivity index (χ1v) is 9.63. The van der Waals surface area contributed by atoms with Gasteiger partial charge in [-0.05, 0) is 42.2 Å². The minimum Gasteiger partial charge on any atom is -0.483 e. The number of anilines is 2. The van der Waals surface area contributed by atoms with Crippen molar-refractivity contribution in [1.29, 1.82) is 0 Å². The quantitative estimate of drug-likeness (QED) is 0.691. The zero-order valence-electron chi connectivity index (χ0n) is 17.3. The van der Waals surface area contributed by atoms with E-state index in [9.17, 15) is 9.59 Å². The van der Waals surface area contributed by atoms with E-state index >= 15 is 0 Å². The van der Waals surface area contributed by atoms with Crippen molar-refractivity contribution in [2.75, 3.05) is 17.2 Å². The van der Waals surface area contributed by atoms with E-state index in [0.29, 0.717) is 17.3 Å². The molecule has 2 aromatic carbocycles. The van der Waals surface area contributed by atoms with Crippen LogP contribution in [0.3, 0.4) is 0 Å². The maximum atomic E-state index is 12.3. The van der Waals surface area contributed by atoms with Crippen LogP contribution in [0.25, 0.3) is 0 Å². The third-order valence-electron chi connectivity index (χ3n) is 4.51. The lowest BCUT2D eigenvalue weighted by Crippen LogP contribution is -2.27. The van der Waals surface area contributed by atoms with Crippen LogP contribution in [0.1, 0.15) is 52.5 Å². The van der Waals surface area contributed by atoms with E-state index in [1.807, 2.05) is 45.0 Å². The van der Waals surface area contributed by atoms with Gasteiger partial charge in [-0.2, -0.15) is 0 Å². The molecule has 0 saturated heterocycles. The van der Waals surface area contributed by atoms with Crippen molar-refractivity contribution in [3.05, 3.63) is 54.1 Å². The summed E-state index contributed by atoms with van der Waals surface area (Å²) >= 11 is 0. The first-order chi connectivity index (χ1) is 13.2. The van der Waals surface area contributed by atoms with Crippen molar-refractivity contribution in [3.63, 3.8) is 0 Å². The normalized spacial score (nSPS) is 12.2. The van der Waals surface area contributed by atoms with Gasteiger partial charge < -0.3 is 15.4 Å². The predicted octanol–water partition coefficient (Wildman–Crippen LogP) is 5.20. The molecule has 0 saturated carbocycles. The van der Waals surface area contributed by atoms with Crippen LogP contribution in [-0.4, -0.2) is 18.4 Å². The Morgan fingerprint density at radius 1 is 1.00 bits per heavy atom. The average Bonchev–Trinajstić information content (AvgIpc) is 2.65. The molecule has 0 spiro atoms. The summed E-state index contributed by atoms with van der Waals surface area (Å²) < 4.78 is 5.75. The summed E-state index contributed by atoms with van der Waals surface area (Å²) in [5.74, 6) is 0.764. The number of nitrogens with one attached hydrogen (secondary N) is 2. The van der Waals surface area contributed by atoms with Gasteiger partial charge in [-0.1, -0.05) is 58.9 Å². The summed E-state index contributed by atoms with van der Waals surface area (Å²) in [6, 6.07) is 14.9. The highest BCUT2D eigenvalue weighted by molar-refractivity contribution is 5.96. The molecule has 0 aliphatic carbocycles. The highest BCUT2D eigenvalue weighted by Gasteiger charge is 2.21. The zero-order valence-corrected chi connectivity index (χ0v) is 17.3. The molecule has 0 aliphatic heterocycles. The number of ether oxygens (including phenoxy) is 1. The summed E-state index contributed by atoms with van der Waals surface area (Å²) in [6.45, 7) is 9.73. The van der Waals surface area contributed by atoms with Gasteiger partial charge in [0.25, 0.3) is 5.91 Å². The SMILES string of the molecule is CCC(C)c1ccccc1OCC(=O)Nc1cccc(NC(=O)C(C)(C)C)c1. The Morgan fingerprint density at radius 2 is 1.64 bits per heavy atom. The molecule has 2 rings (SSSR count). The second kappa shape index (κ2) is 9.40. The van der Waals surface area contributed by atoms with Crippen molar-refractivity contribution in [2.45, 2.75) is 47.0 Å². The Balaban J connectivity index is 1.97.